The molecule has 3 rings (SSSR count). The molecule has 0 unspecified atom stereocenters. The number of hydrogen-bond acceptors (Lipinski definition) is 5. The van der Waals surface area contributed by atoms with Crippen LogP contribution in [0.25, 0.3) is 0 Å². The van der Waals surface area contributed by atoms with Gasteiger partial charge in [0.1, 0.15) is 11.7 Å². The number of likely N-dealkylation sites (tertiary alicyclic amines) is 1. The molecule has 0 radical (unpaired) electrons. The number of aryl methyl sites for hydroxylation is 1. The molecule has 0 aliphatic carbocycles. The van der Waals surface area contributed by atoms with E-state index in [-0.39, 0.29) is 28.8 Å². The second-order valence-electron chi connectivity index (χ2n) is 9.71. The van der Waals surface area contributed by atoms with Crippen LogP contribution in [0.4, 0.5) is 0 Å². The fourth-order valence-electron chi connectivity index (χ4n) is 4.23. The Morgan fingerprint density at radius 3 is 2.48 bits per heavy atom. The molecule has 2 aliphatic heterocycles. The molecule has 0 aromatic carbocycles. The Kier molecular flexibility index (Phi) is 5.00. The molecular weight excluding hydrogens is 342 g/mol. The first-order valence-corrected chi connectivity index (χ1v) is 9.93. The van der Waals surface area contributed by atoms with E-state index in [1.807, 2.05) is 31.7 Å². The molecule has 6 heteroatoms. The van der Waals surface area contributed by atoms with Gasteiger partial charge in [-0.05, 0) is 38.5 Å². The van der Waals surface area contributed by atoms with Crippen LogP contribution >= 0.6 is 0 Å². The van der Waals surface area contributed by atoms with Gasteiger partial charge in [0.05, 0.1) is 23.4 Å². The van der Waals surface area contributed by atoms with E-state index in [2.05, 4.69) is 32.9 Å². The molecule has 1 aromatic rings. The number of aliphatic imine (C=N–C) groups is 1. The molecule has 1 N–H and O–H groups in total. The number of aliphatic hydroxyl groups excluding tert-OH is 1. The summed E-state index contributed by atoms with van der Waals surface area (Å²) < 4.78 is 5.43. The van der Waals surface area contributed by atoms with Crippen molar-refractivity contribution >= 4 is 11.6 Å². The van der Waals surface area contributed by atoms with Crippen LogP contribution in [0.2, 0.25) is 0 Å². The molecule has 0 spiro atoms. The minimum absolute atomic E-state index is 0.00656. The molecule has 0 bridgehead atoms. The number of hydrogen-bond donors (Lipinski definition) is 1. The molecule has 3 heterocycles. The summed E-state index contributed by atoms with van der Waals surface area (Å²) in [7, 11) is 0. The second-order valence-corrected chi connectivity index (χ2v) is 9.71. The van der Waals surface area contributed by atoms with Gasteiger partial charge >= 0.3 is 0 Å². The van der Waals surface area contributed by atoms with Crippen molar-refractivity contribution in [3.63, 3.8) is 0 Å². The Hall–Kier alpha value is -1.69. The lowest BCUT2D eigenvalue weighted by molar-refractivity contribution is -0.134. The predicted molar refractivity (Wildman–Crippen MR) is 105 cm³/mol. The Labute approximate surface area is 162 Å². The van der Waals surface area contributed by atoms with E-state index in [0.717, 1.165) is 17.8 Å². The average Bonchev–Trinajstić information content (AvgIpc) is 3.16. The highest BCUT2D eigenvalue weighted by Gasteiger charge is 2.49. The van der Waals surface area contributed by atoms with Gasteiger partial charge in [0.15, 0.2) is 0 Å². The van der Waals surface area contributed by atoms with E-state index in [0.29, 0.717) is 18.7 Å². The van der Waals surface area contributed by atoms with Gasteiger partial charge < -0.3 is 14.5 Å². The molecule has 1 saturated heterocycles. The molecule has 0 saturated carbocycles. The number of aliphatic hydroxyl groups is 1. The van der Waals surface area contributed by atoms with Crippen molar-refractivity contribution in [2.75, 3.05) is 6.54 Å². The van der Waals surface area contributed by atoms with Crippen LogP contribution in [0.15, 0.2) is 15.6 Å². The van der Waals surface area contributed by atoms with Crippen molar-refractivity contribution in [3.05, 3.63) is 17.5 Å². The van der Waals surface area contributed by atoms with Gasteiger partial charge in [0.2, 0.25) is 5.91 Å². The number of rotatable bonds is 4. The number of carbonyl (C=O) groups is 1. The van der Waals surface area contributed by atoms with Crippen LogP contribution in [0.3, 0.4) is 0 Å². The summed E-state index contributed by atoms with van der Waals surface area (Å²) in [5.41, 5.74) is 1.66. The lowest BCUT2D eigenvalue weighted by Crippen LogP contribution is -2.44. The third kappa shape index (κ3) is 3.56. The minimum Gasteiger partial charge on any atom is -0.391 e. The normalized spacial score (nSPS) is 27.9. The van der Waals surface area contributed by atoms with Gasteiger partial charge in [0.25, 0.3) is 0 Å². The fraction of sp³-hybridized carbons (Fsp3) is 0.762. The monoisotopic (exact) mass is 375 g/mol. The van der Waals surface area contributed by atoms with Gasteiger partial charge in [-0.15, -0.1) is 0 Å². The van der Waals surface area contributed by atoms with E-state index in [1.54, 1.807) is 0 Å². The van der Waals surface area contributed by atoms with E-state index in [1.165, 1.54) is 0 Å². The molecule has 2 aliphatic rings. The Bertz CT molecular complexity index is 748. The van der Waals surface area contributed by atoms with Gasteiger partial charge in [-0.25, -0.2) is 0 Å². The first kappa shape index (κ1) is 20.1. The summed E-state index contributed by atoms with van der Waals surface area (Å²) in [4.78, 5) is 20.3. The highest BCUT2D eigenvalue weighted by Crippen LogP contribution is 2.45. The molecule has 1 aromatic heterocycles. The topological polar surface area (TPSA) is 78.9 Å². The van der Waals surface area contributed by atoms with Crippen LogP contribution in [0.5, 0.6) is 0 Å². The third-order valence-electron chi connectivity index (χ3n) is 6.53. The summed E-state index contributed by atoms with van der Waals surface area (Å²) in [5, 5.41) is 14.3. The van der Waals surface area contributed by atoms with Gasteiger partial charge in [0, 0.05) is 24.7 Å². The average molecular weight is 376 g/mol. The van der Waals surface area contributed by atoms with Crippen LogP contribution in [0, 0.1) is 18.3 Å². The molecule has 27 heavy (non-hydrogen) atoms. The number of amides is 1. The standard InChI is InChI=1S/C21H33N3O3/c1-12(2)18(17-8-13(3)23-27-17)19(26)24-11-14(25)9-16(24)15-10-20(4,5)21(6,7)22-15/h8,12,14,16,18,25H,9-11H2,1-7H3/t14-,16+,18+/m1/s1. The summed E-state index contributed by atoms with van der Waals surface area (Å²) in [6, 6.07) is 1.70. The van der Waals surface area contributed by atoms with E-state index in [4.69, 9.17) is 9.52 Å². The summed E-state index contributed by atoms with van der Waals surface area (Å²) in [5.74, 6) is 0.262. The zero-order valence-corrected chi connectivity index (χ0v) is 17.6. The molecular formula is C21H33N3O3. The van der Waals surface area contributed by atoms with Gasteiger partial charge in [-0.2, -0.15) is 0 Å². The van der Waals surface area contributed by atoms with Crippen molar-refractivity contribution in [1.82, 2.24) is 10.1 Å². The van der Waals surface area contributed by atoms with E-state index < -0.39 is 12.0 Å². The quantitative estimate of drug-likeness (QED) is 0.875. The predicted octanol–water partition coefficient (Wildman–Crippen LogP) is 3.33. The van der Waals surface area contributed by atoms with Crippen molar-refractivity contribution in [1.29, 1.82) is 0 Å². The maximum absolute atomic E-state index is 13.5. The molecule has 3 atom stereocenters. The Morgan fingerprint density at radius 2 is 2.00 bits per heavy atom. The molecule has 1 fully saturated rings. The third-order valence-corrected chi connectivity index (χ3v) is 6.53. The molecule has 6 nitrogen and oxygen atoms in total. The first-order valence-electron chi connectivity index (χ1n) is 9.93. The summed E-state index contributed by atoms with van der Waals surface area (Å²) >= 11 is 0. The molecule has 150 valence electrons. The maximum atomic E-state index is 13.5. The zero-order valence-electron chi connectivity index (χ0n) is 17.6. The van der Waals surface area contributed by atoms with Crippen molar-refractivity contribution in [2.24, 2.45) is 16.3 Å². The number of aromatic nitrogens is 1. The number of β-amino-alcohol motifs (C(OH)–C–C–N with tert-alkyl or cyclic N) is 1. The maximum Gasteiger partial charge on any atom is 0.234 e. The largest absolute Gasteiger partial charge is 0.391 e. The van der Waals surface area contributed by atoms with Crippen molar-refractivity contribution < 1.29 is 14.4 Å². The van der Waals surface area contributed by atoms with Crippen LogP contribution in [0.1, 0.15) is 71.8 Å². The first-order chi connectivity index (χ1) is 12.4. The minimum atomic E-state index is -0.516. The Balaban J connectivity index is 1.91. The van der Waals surface area contributed by atoms with E-state index in [9.17, 15) is 9.90 Å². The summed E-state index contributed by atoms with van der Waals surface area (Å²) in [6.07, 6.45) is 0.879. The lowest BCUT2D eigenvalue weighted by atomic mass is 9.74. The van der Waals surface area contributed by atoms with E-state index >= 15 is 0 Å². The van der Waals surface area contributed by atoms with Crippen LogP contribution < -0.4 is 0 Å². The smallest absolute Gasteiger partial charge is 0.234 e. The summed E-state index contributed by atoms with van der Waals surface area (Å²) in [6.45, 7) is 15.0. The highest BCUT2D eigenvalue weighted by atomic mass is 16.5. The highest BCUT2D eigenvalue weighted by molar-refractivity contribution is 5.97. The molecule has 1 amide bonds. The second kappa shape index (κ2) is 6.73. The fourth-order valence-corrected chi connectivity index (χ4v) is 4.23. The number of nitrogens with zero attached hydrogens (tertiary/aromatic N) is 3. The van der Waals surface area contributed by atoms with Crippen LogP contribution in [-0.4, -0.2) is 51.0 Å². The van der Waals surface area contributed by atoms with Crippen LogP contribution in [-0.2, 0) is 4.79 Å². The zero-order chi connectivity index (χ0) is 20.1. The van der Waals surface area contributed by atoms with Gasteiger partial charge in [-0.3, -0.25) is 9.79 Å². The lowest BCUT2D eigenvalue weighted by Gasteiger charge is -2.32. The number of carbonyl (C=O) groups excluding carboxylic acids is 1. The van der Waals surface area contributed by atoms with Gasteiger partial charge in [-0.1, -0.05) is 32.9 Å². The Morgan fingerprint density at radius 1 is 1.33 bits per heavy atom. The van der Waals surface area contributed by atoms with Crippen molar-refractivity contribution in [2.45, 2.75) is 84.9 Å². The SMILES string of the molecule is Cc1cc([C@@H](C(=O)N2C[C@H](O)C[C@H]2C2=NC(C)(C)C(C)(C)C2)C(C)C)on1. The van der Waals surface area contributed by atoms with Crippen molar-refractivity contribution in [3.8, 4) is 0 Å².